The van der Waals surface area contributed by atoms with Gasteiger partial charge in [-0.3, -0.25) is 9.78 Å². The lowest BCUT2D eigenvalue weighted by atomic mass is 9.99. The number of anilines is 1. The first-order valence-corrected chi connectivity index (χ1v) is 12.1. The number of carbonyl (C=O) groups excluding carboxylic acids is 1. The quantitative estimate of drug-likeness (QED) is 0.489. The summed E-state index contributed by atoms with van der Waals surface area (Å²) in [5, 5.41) is 0. The summed E-state index contributed by atoms with van der Waals surface area (Å²) in [6.07, 6.45) is 7.80. The van der Waals surface area contributed by atoms with E-state index >= 15 is 0 Å². The highest BCUT2D eigenvalue weighted by molar-refractivity contribution is 6.11. The molecule has 1 aromatic heterocycles. The molecule has 36 heavy (non-hydrogen) atoms. The van der Waals surface area contributed by atoms with Gasteiger partial charge in [-0.15, -0.1) is 0 Å². The molecule has 2 aliphatic heterocycles. The maximum atomic E-state index is 13.9. The van der Waals surface area contributed by atoms with Crippen LogP contribution in [0, 0.1) is 0 Å². The Morgan fingerprint density at radius 1 is 0.889 bits per heavy atom. The lowest BCUT2D eigenvalue weighted by Crippen LogP contribution is -2.49. The van der Waals surface area contributed by atoms with Crippen LogP contribution in [0.2, 0.25) is 0 Å². The van der Waals surface area contributed by atoms with Crippen molar-refractivity contribution in [3.05, 3.63) is 96.6 Å². The fraction of sp³-hybridized carbons (Fsp3) is 0.241. The number of aromatic nitrogens is 1. The first-order chi connectivity index (χ1) is 17.5. The molecular weight excluding hydrogens is 452 g/mol. The molecule has 0 N–H and O–H groups in total. The molecule has 0 radical (unpaired) electrons. The Balaban J connectivity index is 1.39. The van der Waals surface area contributed by atoms with Gasteiger partial charge in [0.1, 0.15) is 29.5 Å². The molecule has 7 nitrogen and oxygen atoms in total. The molecule has 1 saturated heterocycles. The van der Waals surface area contributed by atoms with Crippen LogP contribution >= 0.6 is 0 Å². The minimum atomic E-state index is 0.0544. The van der Waals surface area contributed by atoms with Gasteiger partial charge in [-0.05, 0) is 11.6 Å². The summed E-state index contributed by atoms with van der Waals surface area (Å²) in [5.41, 5.74) is 4.75. The second-order valence-corrected chi connectivity index (χ2v) is 9.16. The number of amides is 1. The minimum Gasteiger partial charge on any atom is -0.497 e. The van der Waals surface area contributed by atoms with Gasteiger partial charge in [-0.1, -0.05) is 30.3 Å². The Morgan fingerprint density at radius 3 is 2.19 bits per heavy atom. The highest BCUT2D eigenvalue weighted by atomic mass is 16.5. The lowest BCUT2D eigenvalue weighted by molar-refractivity contribution is -0.127. The third kappa shape index (κ3) is 4.57. The normalized spacial score (nSPS) is 19.5. The third-order valence-corrected chi connectivity index (χ3v) is 6.87. The van der Waals surface area contributed by atoms with Crippen molar-refractivity contribution in [1.29, 1.82) is 0 Å². The fourth-order valence-corrected chi connectivity index (χ4v) is 4.83. The van der Waals surface area contributed by atoms with Crippen LogP contribution in [0.15, 0.2) is 91.0 Å². The van der Waals surface area contributed by atoms with E-state index in [4.69, 9.17) is 9.47 Å². The summed E-state index contributed by atoms with van der Waals surface area (Å²) in [7, 11) is 5.38. The summed E-state index contributed by atoms with van der Waals surface area (Å²) < 4.78 is 11.3. The van der Waals surface area contributed by atoms with E-state index in [1.807, 2.05) is 65.8 Å². The number of carbonyl (C=O) groups is 1. The monoisotopic (exact) mass is 483 g/mol. The number of methoxy groups -OCH3 is 2. The van der Waals surface area contributed by atoms with Crippen molar-refractivity contribution in [2.75, 3.05) is 52.3 Å². The smallest absolute Gasteiger partial charge is 0.260 e. The Morgan fingerprint density at radius 2 is 1.58 bits per heavy atom. The van der Waals surface area contributed by atoms with Gasteiger partial charge in [0.15, 0.2) is 5.69 Å². The van der Waals surface area contributed by atoms with Gasteiger partial charge in [0.2, 0.25) is 0 Å². The molecular formula is C29H31N4O3+. The van der Waals surface area contributed by atoms with Crippen molar-refractivity contribution < 1.29 is 14.3 Å². The summed E-state index contributed by atoms with van der Waals surface area (Å²) in [6.45, 7) is 2.73. The van der Waals surface area contributed by atoms with Crippen LogP contribution in [0.1, 0.15) is 5.56 Å². The van der Waals surface area contributed by atoms with E-state index in [9.17, 15) is 4.79 Å². The van der Waals surface area contributed by atoms with Gasteiger partial charge in [-0.2, -0.15) is 0 Å². The van der Waals surface area contributed by atoms with Crippen LogP contribution < -0.4 is 18.9 Å². The van der Waals surface area contributed by atoms with Crippen molar-refractivity contribution >= 4 is 22.9 Å². The van der Waals surface area contributed by atoms with Crippen LogP contribution in [0.5, 0.6) is 11.5 Å². The standard InChI is InChI=1S/C29H31N4O3/c1-33(24-10-7-11-30-19-24)20-27(22-8-5-4-6-9-22)28(21-33)29(34)32-14-12-31(13-15-32)23-16-25(35-2)18-26(17-23)36-3/h4-11,16-21H,12-15H2,1-3H3/q+1. The maximum Gasteiger partial charge on any atom is 0.260 e. The molecule has 1 atom stereocenters. The van der Waals surface area contributed by atoms with Crippen molar-refractivity contribution in [3.63, 3.8) is 0 Å². The van der Waals surface area contributed by atoms with E-state index in [-0.39, 0.29) is 5.91 Å². The van der Waals surface area contributed by atoms with Gasteiger partial charge in [0.05, 0.1) is 33.0 Å². The summed E-state index contributed by atoms with van der Waals surface area (Å²) in [6, 6.07) is 20.0. The number of quaternary nitrogens is 1. The zero-order valence-electron chi connectivity index (χ0n) is 20.9. The van der Waals surface area contributed by atoms with Gasteiger partial charge < -0.3 is 19.3 Å². The van der Waals surface area contributed by atoms with E-state index < -0.39 is 0 Å². The number of pyridine rings is 1. The van der Waals surface area contributed by atoms with Crippen molar-refractivity contribution in [2.24, 2.45) is 0 Å². The zero-order valence-corrected chi connectivity index (χ0v) is 20.9. The number of piperazine rings is 1. The topological polar surface area (TPSA) is 54.9 Å². The molecule has 5 rings (SSSR count). The molecule has 0 saturated carbocycles. The Hall–Kier alpha value is -4.10. The van der Waals surface area contributed by atoms with E-state index in [1.165, 1.54) is 0 Å². The zero-order chi connectivity index (χ0) is 25.1. The van der Waals surface area contributed by atoms with Gasteiger partial charge >= 0.3 is 0 Å². The second-order valence-electron chi connectivity index (χ2n) is 9.16. The molecule has 7 heteroatoms. The van der Waals surface area contributed by atoms with Crippen molar-refractivity contribution in [2.45, 2.75) is 0 Å². The Bertz CT molecular complexity index is 1280. The van der Waals surface area contributed by atoms with Crippen LogP contribution in [-0.2, 0) is 4.79 Å². The fourth-order valence-electron chi connectivity index (χ4n) is 4.83. The molecule has 1 fully saturated rings. The van der Waals surface area contributed by atoms with Crippen molar-refractivity contribution in [1.82, 2.24) is 14.4 Å². The molecule has 3 heterocycles. The predicted octanol–water partition coefficient (Wildman–Crippen LogP) is 4.32. The van der Waals surface area contributed by atoms with Crippen LogP contribution in [0.4, 0.5) is 11.4 Å². The highest BCUT2D eigenvalue weighted by Gasteiger charge is 2.37. The molecule has 0 aliphatic carbocycles. The minimum absolute atomic E-state index is 0.0544. The van der Waals surface area contributed by atoms with E-state index in [0.29, 0.717) is 17.6 Å². The number of hydrogen-bond acceptors (Lipinski definition) is 5. The van der Waals surface area contributed by atoms with Gasteiger partial charge in [-0.25, -0.2) is 4.48 Å². The molecule has 0 spiro atoms. The summed E-state index contributed by atoms with van der Waals surface area (Å²) in [5.74, 6) is 1.56. The van der Waals surface area contributed by atoms with E-state index in [1.54, 1.807) is 20.4 Å². The largest absolute Gasteiger partial charge is 0.497 e. The molecule has 1 unspecified atom stereocenters. The predicted molar refractivity (Wildman–Crippen MR) is 143 cm³/mol. The van der Waals surface area contributed by atoms with Crippen LogP contribution in [0.3, 0.4) is 0 Å². The molecule has 0 bridgehead atoms. The number of rotatable bonds is 6. The Kier molecular flexibility index (Phi) is 6.48. The average Bonchev–Trinajstić information content (AvgIpc) is 3.32. The SMILES string of the molecule is COc1cc(OC)cc(N2CCN(C(=O)C3=C[N+](C)(c4cccnc4)C=C3c3ccccc3)CC2)c1. The van der Waals surface area contributed by atoms with Gasteiger partial charge in [0.25, 0.3) is 5.91 Å². The first kappa shape index (κ1) is 23.6. The number of ether oxygens (including phenoxy) is 2. The molecule has 2 aliphatic rings. The number of nitrogens with zero attached hydrogens (tertiary/aromatic N) is 4. The third-order valence-electron chi connectivity index (χ3n) is 6.87. The van der Waals surface area contributed by atoms with Crippen LogP contribution in [-0.4, -0.2) is 63.2 Å². The van der Waals surface area contributed by atoms with Crippen LogP contribution in [0.25, 0.3) is 5.57 Å². The average molecular weight is 484 g/mol. The summed E-state index contributed by atoms with van der Waals surface area (Å²) >= 11 is 0. The number of hydrogen-bond donors (Lipinski definition) is 0. The first-order valence-electron chi connectivity index (χ1n) is 12.1. The second kappa shape index (κ2) is 9.87. The van der Waals surface area contributed by atoms with E-state index in [0.717, 1.165) is 52.7 Å². The molecule has 1 amide bonds. The lowest BCUT2D eigenvalue weighted by Gasteiger charge is -2.36. The van der Waals surface area contributed by atoms with Gasteiger partial charge in [0, 0.05) is 62.3 Å². The molecule has 3 aromatic rings. The maximum absolute atomic E-state index is 13.9. The molecule has 184 valence electrons. The van der Waals surface area contributed by atoms with Crippen molar-refractivity contribution in [3.8, 4) is 11.5 Å². The summed E-state index contributed by atoms with van der Waals surface area (Å²) in [4.78, 5) is 22.4. The highest BCUT2D eigenvalue weighted by Crippen LogP contribution is 2.38. The van der Waals surface area contributed by atoms with E-state index in [2.05, 4.69) is 35.3 Å². The Labute approximate surface area is 212 Å². The number of benzene rings is 2. The molecule has 2 aromatic carbocycles.